The van der Waals surface area contributed by atoms with Crippen molar-refractivity contribution in [3.8, 4) is 0 Å². The molecule has 1 amide bonds. The smallest absolute Gasteiger partial charge is 0.307 e. The minimum absolute atomic E-state index is 0.137. The first-order valence-corrected chi connectivity index (χ1v) is 9.78. The summed E-state index contributed by atoms with van der Waals surface area (Å²) in [7, 11) is 3.83. The third-order valence-electron chi connectivity index (χ3n) is 3.90. The Morgan fingerprint density at radius 1 is 1.31 bits per heavy atom. The monoisotopic (exact) mass is 392 g/mol. The zero-order chi connectivity index (χ0) is 19.1. The SMILES string of the molecule is CCc1ccc(/C=C2/SC(=S)N(CCC(=O)OCCN(C)C)C2=O)cc1. The lowest BCUT2D eigenvalue weighted by atomic mass is 10.1. The van der Waals surface area contributed by atoms with E-state index < -0.39 is 0 Å². The third-order valence-corrected chi connectivity index (χ3v) is 5.28. The van der Waals surface area contributed by atoms with E-state index >= 15 is 0 Å². The molecule has 26 heavy (non-hydrogen) atoms. The van der Waals surface area contributed by atoms with Crippen LogP contribution in [-0.4, -0.2) is 59.8 Å². The first-order chi connectivity index (χ1) is 12.4. The molecule has 0 saturated carbocycles. The van der Waals surface area contributed by atoms with Gasteiger partial charge in [0, 0.05) is 13.1 Å². The molecule has 0 N–H and O–H groups in total. The van der Waals surface area contributed by atoms with E-state index in [0.717, 1.165) is 12.0 Å². The highest BCUT2D eigenvalue weighted by Gasteiger charge is 2.32. The number of likely N-dealkylation sites (N-methyl/N-ethyl adjacent to an activating group) is 1. The Morgan fingerprint density at radius 2 is 2.00 bits per heavy atom. The number of rotatable bonds is 8. The number of esters is 1. The molecular formula is C19H24N2O3S2. The normalized spacial score (nSPS) is 16.0. The van der Waals surface area contributed by atoms with Crippen LogP contribution in [0.2, 0.25) is 0 Å². The van der Waals surface area contributed by atoms with Crippen LogP contribution in [-0.2, 0) is 20.7 Å². The van der Waals surface area contributed by atoms with Gasteiger partial charge in [0.25, 0.3) is 5.91 Å². The molecule has 1 fully saturated rings. The van der Waals surface area contributed by atoms with Gasteiger partial charge < -0.3 is 9.64 Å². The van der Waals surface area contributed by atoms with E-state index in [9.17, 15) is 9.59 Å². The van der Waals surface area contributed by atoms with E-state index in [1.807, 2.05) is 37.2 Å². The van der Waals surface area contributed by atoms with Crippen molar-refractivity contribution < 1.29 is 14.3 Å². The average Bonchev–Trinajstić information content (AvgIpc) is 2.87. The molecule has 2 rings (SSSR count). The minimum atomic E-state index is -0.319. The second-order valence-electron chi connectivity index (χ2n) is 6.20. The molecule has 0 atom stereocenters. The maximum absolute atomic E-state index is 12.5. The van der Waals surface area contributed by atoms with Crippen molar-refractivity contribution in [1.82, 2.24) is 9.80 Å². The van der Waals surface area contributed by atoms with Crippen molar-refractivity contribution in [1.29, 1.82) is 0 Å². The summed E-state index contributed by atoms with van der Waals surface area (Å²) in [5.41, 5.74) is 2.22. The van der Waals surface area contributed by atoms with Crippen LogP contribution in [0.3, 0.4) is 0 Å². The summed E-state index contributed by atoms with van der Waals surface area (Å²) in [6.45, 7) is 3.37. The number of carbonyl (C=O) groups is 2. The lowest BCUT2D eigenvalue weighted by molar-refractivity contribution is -0.144. The van der Waals surface area contributed by atoms with Crippen LogP contribution < -0.4 is 0 Å². The Labute approximate surface area is 164 Å². The summed E-state index contributed by atoms with van der Waals surface area (Å²) in [5, 5.41) is 0. The maximum atomic E-state index is 12.5. The highest BCUT2D eigenvalue weighted by molar-refractivity contribution is 8.26. The van der Waals surface area contributed by atoms with Gasteiger partial charge in [-0.1, -0.05) is 55.2 Å². The predicted octanol–water partition coefficient (Wildman–Crippen LogP) is 2.95. The van der Waals surface area contributed by atoms with Gasteiger partial charge in [0.1, 0.15) is 10.9 Å². The number of hydrogen-bond donors (Lipinski definition) is 0. The molecule has 1 aromatic rings. The zero-order valence-corrected chi connectivity index (χ0v) is 17.0. The van der Waals surface area contributed by atoms with Crippen molar-refractivity contribution in [2.45, 2.75) is 19.8 Å². The second kappa shape index (κ2) is 9.85. The van der Waals surface area contributed by atoms with E-state index in [1.54, 1.807) is 0 Å². The number of nitrogens with zero attached hydrogens (tertiary/aromatic N) is 2. The number of carbonyl (C=O) groups excluding carboxylic acids is 2. The van der Waals surface area contributed by atoms with Gasteiger partial charge in [-0.05, 0) is 37.7 Å². The predicted molar refractivity (Wildman–Crippen MR) is 110 cm³/mol. The maximum Gasteiger partial charge on any atom is 0.307 e. The minimum Gasteiger partial charge on any atom is -0.464 e. The van der Waals surface area contributed by atoms with Crippen LogP contribution >= 0.6 is 24.0 Å². The quantitative estimate of drug-likeness (QED) is 0.385. The molecule has 1 heterocycles. The highest BCUT2D eigenvalue weighted by atomic mass is 32.2. The first kappa shape index (κ1) is 20.6. The summed E-state index contributed by atoms with van der Waals surface area (Å²) in [5.74, 6) is -0.472. The Kier molecular flexibility index (Phi) is 7.81. The molecule has 1 aliphatic heterocycles. The second-order valence-corrected chi connectivity index (χ2v) is 7.88. The number of thiocarbonyl (C=S) groups is 1. The molecule has 140 valence electrons. The van der Waals surface area contributed by atoms with Crippen LogP contribution in [0.25, 0.3) is 6.08 Å². The number of thioether (sulfide) groups is 1. The standard InChI is InChI=1S/C19H24N2O3S2/c1-4-14-5-7-15(8-6-14)13-16-18(23)21(19(25)26-16)10-9-17(22)24-12-11-20(2)3/h5-8,13H,4,9-12H2,1-3H3/b16-13+. The largest absolute Gasteiger partial charge is 0.464 e. The molecule has 5 nitrogen and oxygen atoms in total. The lowest BCUT2D eigenvalue weighted by Crippen LogP contribution is -2.31. The summed E-state index contributed by atoms with van der Waals surface area (Å²) in [6.07, 6.45) is 2.96. The van der Waals surface area contributed by atoms with Gasteiger partial charge in [-0.3, -0.25) is 14.5 Å². The number of aryl methyl sites for hydroxylation is 1. The fourth-order valence-electron chi connectivity index (χ4n) is 2.31. The Bertz CT molecular complexity index is 699. The molecule has 0 spiro atoms. The molecule has 0 aromatic heterocycles. The van der Waals surface area contributed by atoms with Crippen LogP contribution in [0, 0.1) is 0 Å². The van der Waals surface area contributed by atoms with Gasteiger partial charge in [0.2, 0.25) is 0 Å². The van der Waals surface area contributed by atoms with Crippen molar-refractivity contribution in [2.75, 3.05) is 33.8 Å². The van der Waals surface area contributed by atoms with Crippen LogP contribution in [0.1, 0.15) is 24.5 Å². The van der Waals surface area contributed by atoms with Gasteiger partial charge in [-0.15, -0.1) is 0 Å². The topological polar surface area (TPSA) is 49.9 Å². The van der Waals surface area contributed by atoms with Gasteiger partial charge in [0.05, 0.1) is 11.3 Å². The number of ether oxygens (including phenoxy) is 1. The molecule has 1 saturated heterocycles. The molecule has 1 aliphatic rings. The summed E-state index contributed by atoms with van der Waals surface area (Å²) < 4.78 is 5.62. The molecule has 0 radical (unpaired) electrons. The number of hydrogen-bond acceptors (Lipinski definition) is 6. The zero-order valence-electron chi connectivity index (χ0n) is 15.4. The molecule has 7 heteroatoms. The van der Waals surface area contributed by atoms with Crippen molar-refractivity contribution >= 4 is 46.3 Å². The van der Waals surface area contributed by atoms with Crippen molar-refractivity contribution in [3.63, 3.8) is 0 Å². The van der Waals surface area contributed by atoms with Gasteiger partial charge in [-0.25, -0.2) is 0 Å². The van der Waals surface area contributed by atoms with Crippen LogP contribution in [0.5, 0.6) is 0 Å². The first-order valence-electron chi connectivity index (χ1n) is 8.55. The van der Waals surface area contributed by atoms with E-state index in [1.165, 1.54) is 22.2 Å². The Balaban J connectivity index is 1.91. The summed E-state index contributed by atoms with van der Waals surface area (Å²) in [6, 6.07) is 8.09. The van der Waals surface area contributed by atoms with Crippen molar-refractivity contribution in [2.24, 2.45) is 0 Å². The third kappa shape index (κ3) is 5.93. The molecule has 0 unspecified atom stereocenters. The molecule has 1 aromatic carbocycles. The van der Waals surface area contributed by atoms with E-state index in [0.29, 0.717) is 22.4 Å². The van der Waals surface area contributed by atoms with Crippen molar-refractivity contribution in [3.05, 3.63) is 40.3 Å². The lowest BCUT2D eigenvalue weighted by Gasteiger charge is -2.14. The fraction of sp³-hybridized carbons (Fsp3) is 0.421. The van der Waals surface area contributed by atoms with E-state index in [4.69, 9.17) is 17.0 Å². The Hall–Kier alpha value is -1.70. The van der Waals surface area contributed by atoms with Gasteiger partial charge in [-0.2, -0.15) is 0 Å². The molecular weight excluding hydrogens is 368 g/mol. The number of benzene rings is 1. The molecule has 0 aliphatic carbocycles. The van der Waals surface area contributed by atoms with E-state index in [2.05, 4.69) is 19.1 Å². The van der Waals surface area contributed by atoms with Gasteiger partial charge in [0.15, 0.2) is 0 Å². The average molecular weight is 393 g/mol. The van der Waals surface area contributed by atoms with Gasteiger partial charge >= 0.3 is 5.97 Å². The highest BCUT2D eigenvalue weighted by Crippen LogP contribution is 2.32. The Morgan fingerprint density at radius 3 is 2.62 bits per heavy atom. The fourth-order valence-corrected chi connectivity index (χ4v) is 3.62. The van der Waals surface area contributed by atoms with Crippen LogP contribution in [0.4, 0.5) is 0 Å². The summed E-state index contributed by atoms with van der Waals surface area (Å²) >= 11 is 6.56. The number of amides is 1. The van der Waals surface area contributed by atoms with E-state index in [-0.39, 0.29) is 24.8 Å². The molecule has 0 bridgehead atoms. The summed E-state index contributed by atoms with van der Waals surface area (Å²) in [4.78, 5) is 28.3. The van der Waals surface area contributed by atoms with Crippen LogP contribution in [0.15, 0.2) is 29.2 Å².